The topological polar surface area (TPSA) is 51.8 Å². The van der Waals surface area contributed by atoms with E-state index in [0.717, 1.165) is 60.5 Å². The van der Waals surface area contributed by atoms with Crippen molar-refractivity contribution in [3.63, 3.8) is 0 Å². The molecule has 0 N–H and O–H groups in total. The summed E-state index contributed by atoms with van der Waals surface area (Å²) in [4.78, 5) is 15.1. The number of hydrogen-bond acceptors (Lipinski definition) is 4. The zero-order valence-corrected chi connectivity index (χ0v) is 28.5. The van der Waals surface area contributed by atoms with Crippen LogP contribution in [0.2, 0.25) is 0 Å². The minimum absolute atomic E-state index is 0.623. The van der Waals surface area contributed by atoms with E-state index in [9.17, 15) is 0 Å². The Kier molecular flexibility index (Phi) is 6.52. The lowest BCUT2D eigenvalue weighted by molar-refractivity contribution is 0.673. The molecule has 9 aromatic carbocycles. The fourth-order valence-electron chi connectivity index (χ4n) is 7.98. The molecule has 0 amide bonds. The van der Waals surface area contributed by atoms with Crippen LogP contribution >= 0.6 is 0 Å². The molecular formula is C49H29N3O. The van der Waals surface area contributed by atoms with Gasteiger partial charge < -0.3 is 4.42 Å². The molecule has 0 saturated heterocycles. The Morgan fingerprint density at radius 3 is 1.34 bits per heavy atom. The summed E-state index contributed by atoms with van der Waals surface area (Å²) in [5.41, 5.74) is 6.77. The summed E-state index contributed by atoms with van der Waals surface area (Å²) in [6.45, 7) is 0. The van der Waals surface area contributed by atoms with Gasteiger partial charge in [-0.1, -0.05) is 152 Å². The van der Waals surface area contributed by atoms with E-state index in [2.05, 4.69) is 115 Å². The standard InChI is InChI=1S/C49H29N3O/c1-3-13-30(14-4-1)47-50-48(31-15-5-2-6-16-31)52-49(51-47)44-29-43-40-26-24-33(28-45(40)53-46(43)41-22-12-11-21-38(41)44)32-23-25-39-36-19-8-7-17-34(36)35-18-9-10-20-37(35)42(39)27-32/h1-29H. The van der Waals surface area contributed by atoms with Gasteiger partial charge in [-0.15, -0.1) is 0 Å². The zero-order valence-electron chi connectivity index (χ0n) is 28.5. The van der Waals surface area contributed by atoms with Gasteiger partial charge in [-0.25, -0.2) is 15.0 Å². The van der Waals surface area contributed by atoms with E-state index >= 15 is 0 Å². The van der Waals surface area contributed by atoms with Crippen LogP contribution in [0, 0.1) is 0 Å². The Labute approximate surface area is 304 Å². The van der Waals surface area contributed by atoms with E-state index in [-0.39, 0.29) is 0 Å². The highest BCUT2D eigenvalue weighted by Gasteiger charge is 2.19. The fourth-order valence-corrected chi connectivity index (χ4v) is 7.98. The molecule has 11 rings (SSSR count). The number of aromatic nitrogens is 3. The largest absolute Gasteiger partial charge is 0.455 e. The molecule has 11 aromatic rings. The molecule has 53 heavy (non-hydrogen) atoms. The number of furan rings is 1. The van der Waals surface area contributed by atoms with E-state index in [1.807, 2.05) is 60.7 Å². The fraction of sp³-hybridized carbons (Fsp3) is 0. The lowest BCUT2D eigenvalue weighted by Gasteiger charge is -2.12. The van der Waals surface area contributed by atoms with Crippen LogP contribution in [0.15, 0.2) is 180 Å². The van der Waals surface area contributed by atoms with Crippen LogP contribution in [0.3, 0.4) is 0 Å². The van der Waals surface area contributed by atoms with Gasteiger partial charge in [0.2, 0.25) is 0 Å². The molecule has 4 heteroatoms. The van der Waals surface area contributed by atoms with Gasteiger partial charge in [-0.05, 0) is 73.1 Å². The summed E-state index contributed by atoms with van der Waals surface area (Å²) in [5.74, 6) is 1.89. The first-order chi connectivity index (χ1) is 26.3. The van der Waals surface area contributed by atoms with Crippen molar-refractivity contribution in [3.05, 3.63) is 176 Å². The second kappa shape index (κ2) is 11.7. The maximum atomic E-state index is 6.77. The predicted octanol–water partition coefficient (Wildman–Crippen LogP) is 13.1. The van der Waals surface area contributed by atoms with Gasteiger partial charge in [0.15, 0.2) is 17.5 Å². The third-order valence-corrected chi connectivity index (χ3v) is 10.5. The van der Waals surface area contributed by atoms with Crippen molar-refractivity contribution < 1.29 is 4.42 Å². The normalized spacial score (nSPS) is 11.8. The van der Waals surface area contributed by atoms with E-state index in [1.54, 1.807) is 0 Å². The second-order valence-corrected chi connectivity index (χ2v) is 13.5. The molecule has 0 atom stereocenters. The molecule has 0 saturated carbocycles. The minimum Gasteiger partial charge on any atom is -0.455 e. The summed E-state index contributed by atoms with van der Waals surface area (Å²) in [7, 11) is 0. The van der Waals surface area contributed by atoms with Crippen molar-refractivity contribution in [1.29, 1.82) is 0 Å². The van der Waals surface area contributed by atoms with Crippen molar-refractivity contribution in [2.24, 2.45) is 0 Å². The Hall–Kier alpha value is -7.17. The van der Waals surface area contributed by atoms with Gasteiger partial charge in [0, 0.05) is 32.8 Å². The summed E-state index contributed by atoms with van der Waals surface area (Å²) in [6, 6.07) is 61.6. The first-order valence-electron chi connectivity index (χ1n) is 17.9. The molecule has 2 aromatic heterocycles. The number of benzene rings is 9. The first kappa shape index (κ1) is 29.5. The van der Waals surface area contributed by atoms with Crippen LogP contribution in [0.4, 0.5) is 0 Å². The van der Waals surface area contributed by atoms with Crippen molar-refractivity contribution in [2.75, 3.05) is 0 Å². The smallest absolute Gasteiger partial charge is 0.164 e. The number of nitrogens with zero attached hydrogens (tertiary/aromatic N) is 3. The highest BCUT2D eigenvalue weighted by Crippen LogP contribution is 2.42. The third-order valence-electron chi connectivity index (χ3n) is 10.5. The molecule has 0 spiro atoms. The SMILES string of the molecule is c1ccc(-c2nc(-c3ccccc3)nc(-c3cc4c5ccc(-c6ccc7c8ccccc8c8ccccc8c7c6)cc5oc4c4ccccc34)n2)cc1. The third kappa shape index (κ3) is 4.73. The molecule has 0 aliphatic heterocycles. The molecule has 246 valence electrons. The minimum atomic E-state index is 0.623. The average molecular weight is 676 g/mol. The quantitative estimate of drug-likeness (QED) is 0.174. The highest BCUT2D eigenvalue weighted by atomic mass is 16.3. The molecule has 0 aliphatic rings. The van der Waals surface area contributed by atoms with Crippen LogP contribution in [0.25, 0.3) is 110 Å². The number of fused-ring (bicyclic) bond motifs is 11. The Balaban J connectivity index is 1.11. The van der Waals surface area contributed by atoms with Gasteiger partial charge in [0.05, 0.1) is 0 Å². The molecule has 0 unspecified atom stereocenters. The number of rotatable bonds is 4. The Morgan fingerprint density at radius 2 is 0.736 bits per heavy atom. The van der Waals surface area contributed by atoms with Crippen LogP contribution < -0.4 is 0 Å². The molecule has 0 radical (unpaired) electrons. The van der Waals surface area contributed by atoms with Crippen molar-refractivity contribution >= 4 is 65.0 Å². The van der Waals surface area contributed by atoms with Gasteiger partial charge in [0.25, 0.3) is 0 Å². The maximum Gasteiger partial charge on any atom is 0.164 e. The Bertz CT molecular complexity index is 3130. The van der Waals surface area contributed by atoms with Crippen LogP contribution in [-0.2, 0) is 0 Å². The summed E-state index contributed by atoms with van der Waals surface area (Å²) in [5, 5.41) is 11.7. The average Bonchev–Trinajstić information content (AvgIpc) is 3.62. The highest BCUT2D eigenvalue weighted by molar-refractivity contribution is 6.26. The molecule has 0 bridgehead atoms. The summed E-state index contributed by atoms with van der Waals surface area (Å²) in [6.07, 6.45) is 0. The van der Waals surface area contributed by atoms with Crippen LogP contribution in [0.5, 0.6) is 0 Å². The van der Waals surface area contributed by atoms with Gasteiger partial charge in [0.1, 0.15) is 11.2 Å². The van der Waals surface area contributed by atoms with Gasteiger partial charge in [-0.3, -0.25) is 0 Å². The van der Waals surface area contributed by atoms with Crippen molar-refractivity contribution in [1.82, 2.24) is 15.0 Å². The molecule has 4 nitrogen and oxygen atoms in total. The van der Waals surface area contributed by atoms with Crippen LogP contribution in [-0.4, -0.2) is 15.0 Å². The van der Waals surface area contributed by atoms with E-state index < -0.39 is 0 Å². The van der Waals surface area contributed by atoms with Gasteiger partial charge in [-0.2, -0.15) is 0 Å². The maximum absolute atomic E-state index is 6.77. The summed E-state index contributed by atoms with van der Waals surface area (Å²) < 4.78 is 6.77. The number of hydrogen-bond donors (Lipinski definition) is 0. The Morgan fingerprint density at radius 1 is 0.283 bits per heavy atom. The monoisotopic (exact) mass is 675 g/mol. The van der Waals surface area contributed by atoms with Crippen molar-refractivity contribution in [3.8, 4) is 45.3 Å². The molecule has 2 heterocycles. The van der Waals surface area contributed by atoms with E-state index in [1.165, 1.54) is 32.3 Å². The van der Waals surface area contributed by atoms with Crippen molar-refractivity contribution in [2.45, 2.75) is 0 Å². The lowest BCUT2D eigenvalue weighted by atomic mass is 9.92. The molecule has 0 aliphatic carbocycles. The molecular weight excluding hydrogens is 647 g/mol. The van der Waals surface area contributed by atoms with Crippen LogP contribution in [0.1, 0.15) is 0 Å². The van der Waals surface area contributed by atoms with E-state index in [0.29, 0.717) is 17.5 Å². The first-order valence-corrected chi connectivity index (χ1v) is 17.9. The second-order valence-electron chi connectivity index (χ2n) is 13.5. The molecule has 0 fully saturated rings. The lowest BCUT2D eigenvalue weighted by Crippen LogP contribution is -2.00. The summed E-state index contributed by atoms with van der Waals surface area (Å²) >= 11 is 0. The zero-order chi connectivity index (χ0) is 34.9. The van der Waals surface area contributed by atoms with Gasteiger partial charge >= 0.3 is 0 Å². The predicted molar refractivity (Wildman–Crippen MR) is 219 cm³/mol. The van der Waals surface area contributed by atoms with E-state index in [4.69, 9.17) is 19.4 Å².